The molecular weight excluding hydrogens is 507 g/mol. The molecule has 0 spiro atoms. The van der Waals surface area contributed by atoms with Crippen LogP contribution in [-0.4, -0.2) is 29.7 Å². The second kappa shape index (κ2) is 9.03. The zero-order valence-corrected chi connectivity index (χ0v) is 19.0. The summed E-state index contributed by atoms with van der Waals surface area (Å²) in [4.78, 5) is 26.1. The molecule has 0 atom stereocenters. The summed E-state index contributed by atoms with van der Waals surface area (Å²) in [7, 11) is 0. The van der Waals surface area contributed by atoms with Crippen molar-refractivity contribution < 1.29 is 40.3 Å². The molecule has 0 aliphatic heterocycles. The second-order valence-electron chi connectivity index (χ2n) is 7.99. The molecule has 0 radical (unpaired) electrons. The van der Waals surface area contributed by atoms with Gasteiger partial charge in [-0.25, -0.2) is 4.39 Å². The van der Waals surface area contributed by atoms with Gasteiger partial charge in [0.05, 0.1) is 22.2 Å². The van der Waals surface area contributed by atoms with Crippen LogP contribution in [0.1, 0.15) is 45.7 Å². The topological polar surface area (TPSA) is 87.2 Å². The van der Waals surface area contributed by atoms with E-state index in [0.29, 0.717) is 6.07 Å². The Morgan fingerprint density at radius 3 is 1.97 bits per heavy atom. The zero-order chi connectivity index (χ0) is 27.1. The number of alkyl halides is 7. The third kappa shape index (κ3) is 4.77. The molecule has 2 amide bonds. The second-order valence-corrected chi connectivity index (χ2v) is 8.40. The van der Waals surface area contributed by atoms with E-state index in [1.54, 1.807) is 6.07 Å². The molecule has 35 heavy (non-hydrogen) atoms. The lowest BCUT2D eigenvalue weighted by molar-refractivity contribution is -0.348. The Hall–Kier alpha value is -3.33. The van der Waals surface area contributed by atoms with Crippen molar-refractivity contribution in [3.63, 3.8) is 0 Å². The molecule has 0 heterocycles. The van der Waals surface area contributed by atoms with Crippen molar-refractivity contribution in [2.24, 2.45) is 5.73 Å². The summed E-state index contributed by atoms with van der Waals surface area (Å²) < 4.78 is 93.6. The van der Waals surface area contributed by atoms with Crippen LogP contribution in [0.2, 0.25) is 5.02 Å². The van der Waals surface area contributed by atoms with Gasteiger partial charge in [-0.05, 0) is 44.5 Å². The molecule has 188 valence electrons. The van der Waals surface area contributed by atoms with E-state index in [4.69, 9.17) is 17.3 Å². The Bertz CT molecular complexity index is 1200. The van der Waals surface area contributed by atoms with Crippen LogP contribution >= 0.6 is 11.6 Å². The monoisotopic (exact) mass is 523 g/mol. The summed E-state index contributed by atoms with van der Waals surface area (Å²) in [5.74, 6) is -2.15. The highest BCUT2D eigenvalue weighted by Gasteiger charge is 2.73. The summed E-state index contributed by atoms with van der Waals surface area (Å²) in [6, 6.07) is 6.66. The number of primary amides is 1. The van der Waals surface area contributed by atoms with Crippen molar-refractivity contribution in [2.75, 3.05) is 4.90 Å². The lowest BCUT2D eigenvalue weighted by atomic mass is 9.91. The number of carbonyl (C=O) groups excluding carboxylic acids is 2. The van der Waals surface area contributed by atoms with Crippen molar-refractivity contribution in [3.8, 4) is 6.07 Å². The number of nitriles is 1. The first kappa shape index (κ1) is 27.9. The molecule has 13 heteroatoms. The predicted molar refractivity (Wildman–Crippen MR) is 113 cm³/mol. The number of nitrogens with two attached hydrogens (primary N) is 1. The first-order valence-electron chi connectivity index (χ1n) is 9.59. The van der Waals surface area contributed by atoms with Crippen LogP contribution in [0.5, 0.6) is 0 Å². The maximum absolute atomic E-state index is 14.5. The van der Waals surface area contributed by atoms with Crippen molar-refractivity contribution in [3.05, 3.63) is 63.7 Å². The fourth-order valence-electron chi connectivity index (χ4n) is 3.38. The summed E-state index contributed by atoms with van der Waals surface area (Å²) in [5.41, 5.74) is -5.44. The maximum atomic E-state index is 14.5. The third-order valence-corrected chi connectivity index (χ3v) is 5.46. The number of rotatable bonds is 5. The van der Waals surface area contributed by atoms with Crippen molar-refractivity contribution >= 4 is 29.1 Å². The number of aryl methyl sites for hydroxylation is 1. The van der Waals surface area contributed by atoms with Gasteiger partial charge in [0.2, 0.25) is 5.91 Å². The summed E-state index contributed by atoms with van der Waals surface area (Å²) in [6.45, 7) is 3.48. The quantitative estimate of drug-likeness (QED) is 0.489. The molecular formula is C22H17ClF7N3O2. The van der Waals surface area contributed by atoms with E-state index in [2.05, 4.69) is 0 Å². The molecule has 2 aromatic rings. The number of hydrogen-bond acceptors (Lipinski definition) is 3. The van der Waals surface area contributed by atoms with Crippen molar-refractivity contribution in [1.29, 1.82) is 5.26 Å². The van der Waals surface area contributed by atoms with Crippen molar-refractivity contribution in [2.45, 2.75) is 44.3 Å². The molecule has 0 bridgehead atoms. The predicted octanol–water partition coefficient (Wildman–Crippen LogP) is 5.99. The Labute approximate surface area is 199 Å². The average molecular weight is 524 g/mol. The number of anilines is 1. The van der Waals surface area contributed by atoms with E-state index in [9.17, 15) is 45.6 Å². The fourth-order valence-corrected chi connectivity index (χ4v) is 3.64. The first-order valence-corrected chi connectivity index (χ1v) is 9.96. The van der Waals surface area contributed by atoms with E-state index in [0.717, 1.165) is 11.8 Å². The van der Waals surface area contributed by atoms with Gasteiger partial charge in [0.1, 0.15) is 5.54 Å². The number of nitrogens with zero attached hydrogens (tertiary/aromatic N) is 2. The van der Waals surface area contributed by atoms with Crippen LogP contribution < -0.4 is 10.6 Å². The van der Waals surface area contributed by atoms with Gasteiger partial charge in [-0.2, -0.15) is 31.6 Å². The van der Waals surface area contributed by atoms with Gasteiger partial charge in [-0.15, -0.1) is 0 Å². The van der Waals surface area contributed by atoms with Gasteiger partial charge >= 0.3 is 18.0 Å². The van der Waals surface area contributed by atoms with Gasteiger partial charge in [-0.1, -0.05) is 29.8 Å². The van der Waals surface area contributed by atoms with Gasteiger partial charge in [0, 0.05) is 11.3 Å². The molecule has 2 rings (SSSR count). The van der Waals surface area contributed by atoms with Crippen molar-refractivity contribution in [1.82, 2.24) is 0 Å². The highest BCUT2D eigenvalue weighted by atomic mass is 35.5. The smallest absolute Gasteiger partial charge is 0.366 e. The maximum Gasteiger partial charge on any atom is 0.435 e. The van der Waals surface area contributed by atoms with Crippen LogP contribution in [0.15, 0.2) is 36.4 Å². The summed E-state index contributed by atoms with van der Waals surface area (Å²) in [6.07, 6.45) is -12.7. The summed E-state index contributed by atoms with van der Waals surface area (Å²) >= 11 is 6.08. The van der Waals surface area contributed by atoms with Gasteiger partial charge in [0.25, 0.3) is 5.91 Å². The van der Waals surface area contributed by atoms with E-state index in [1.165, 1.54) is 32.0 Å². The fraction of sp³-hybridized carbons (Fsp3) is 0.318. The number of amides is 2. The van der Waals surface area contributed by atoms with Crippen LogP contribution in [0, 0.1) is 18.3 Å². The molecule has 2 aromatic carbocycles. The van der Waals surface area contributed by atoms with Gasteiger partial charge < -0.3 is 5.73 Å². The normalized spacial score (nSPS) is 12.7. The molecule has 0 saturated carbocycles. The molecule has 0 aliphatic rings. The van der Waals surface area contributed by atoms with Gasteiger partial charge in [0.15, 0.2) is 0 Å². The van der Waals surface area contributed by atoms with Crippen LogP contribution in [0.4, 0.5) is 36.4 Å². The number of hydrogen-bond donors (Lipinski definition) is 1. The zero-order valence-electron chi connectivity index (χ0n) is 18.3. The van der Waals surface area contributed by atoms with E-state index < -0.39 is 52.1 Å². The summed E-state index contributed by atoms with van der Waals surface area (Å²) in [5, 5.41) is 9.38. The van der Waals surface area contributed by atoms with Gasteiger partial charge in [-0.3, -0.25) is 14.5 Å². The first-order chi connectivity index (χ1) is 15.8. The minimum Gasteiger partial charge on any atom is -0.366 e. The number of benzene rings is 2. The standard InChI is InChI=1S/C22H17ClF7N3O2/c1-11-9-12(20(24,21(25,26)27)22(28,29)30)7-8-15(11)33(19(2,3)10-31)18(35)16-13(17(32)34)5-4-6-14(16)23/h4-9H,1-3H3,(H2,32,34). The lowest BCUT2D eigenvalue weighted by Crippen LogP contribution is -2.50. The van der Waals surface area contributed by atoms with Crippen LogP contribution in [0.3, 0.4) is 0 Å². The number of halogens is 8. The van der Waals surface area contributed by atoms with Crippen LogP contribution in [-0.2, 0) is 5.67 Å². The molecule has 2 N–H and O–H groups in total. The number of carbonyl (C=O) groups is 2. The highest BCUT2D eigenvalue weighted by Crippen LogP contribution is 2.53. The largest absolute Gasteiger partial charge is 0.435 e. The Kier molecular flexibility index (Phi) is 7.20. The highest BCUT2D eigenvalue weighted by molar-refractivity contribution is 6.35. The molecule has 0 unspecified atom stereocenters. The average Bonchev–Trinajstić information content (AvgIpc) is 2.72. The molecule has 0 aliphatic carbocycles. The molecule has 5 nitrogen and oxygen atoms in total. The SMILES string of the molecule is Cc1cc(C(F)(C(F)(F)F)C(F)(F)F)ccc1N(C(=O)c1c(Cl)cccc1C(N)=O)C(C)(C)C#N. The molecule has 0 aromatic heterocycles. The Morgan fingerprint density at radius 1 is 1.00 bits per heavy atom. The van der Waals surface area contributed by atoms with E-state index in [-0.39, 0.29) is 28.4 Å². The Balaban J connectivity index is 2.81. The van der Waals surface area contributed by atoms with Crippen LogP contribution in [0.25, 0.3) is 0 Å². The molecule has 0 fully saturated rings. The van der Waals surface area contributed by atoms with E-state index in [1.807, 2.05) is 0 Å². The molecule has 0 saturated heterocycles. The third-order valence-electron chi connectivity index (χ3n) is 5.15. The lowest BCUT2D eigenvalue weighted by Gasteiger charge is -2.36. The minimum atomic E-state index is -6.34. The van der Waals surface area contributed by atoms with E-state index >= 15 is 0 Å². The minimum absolute atomic E-state index is 0.221. The Morgan fingerprint density at radius 2 is 1.54 bits per heavy atom.